The van der Waals surface area contributed by atoms with Gasteiger partial charge in [0.15, 0.2) is 0 Å². The van der Waals surface area contributed by atoms with Crippen molar-refractivity contribution in [2.75, 3.05) is 11.9 Å². The molecule has 4 nitrogen and oxygen atoms in total. The highest BCUT2D eigenvalue weighted by Crippen LogP contribution is 2.23. The minimum Gasteiger partial charge on any atom is -0.385 e. The van der Waals surface area contributed by atoms with Crippen LogP contribution < -0.4 is 10.6 Å². The Morgan fingerprint density at radius 1 is 1.50 bits per heavy atom. The van der Waals surface area contributed by atoms with Crippen LogP contribution in [0.4, 0.5) is 5.69 Å². The van der Waals surface area contributed by atoms with Gasteiger partial charge in [-0.3, -0.25) is 4.79 Å². The molecule has 1 aromatic heterocycles. The first-order valence-electron chi connectivity index (χ1n) is 6.79. The van der Waals surface area contributed by atoms with E-state index < -0.39 is 0 Å². The maximum absolute atomic E-state index is 12.2. The van der Waals surface area contributed by atoms with Crippen LogP contribution in [-0.2, 0) is 13.0 Å². The van der Waals surface area contributed by atoms with E-state index in [9.17, 15) is 4.79 Å². The number of nitrogens with one attached hydrogen (secondary N) is 2. The maximum atomic E-state index is 12.2. The molecule has 5 heteroatoms. The summed E-state index contributed by atoms with van der Waals surface area (Å²) in [5, 5.41) is 7.32. The van der Waals surface area contributed by atoms with Crippen LogP contribution in [0.15, 0.2) is 24.4 Å². The summed E-state index contributed by atoms with van der Waals surface area (Å²) in [6.07, 6.45) is 3.98. The van der Waals surface area contributed by atoms with Crippen molar-refractivity contribution in [3.63, 3.8) is 0 Å². The molecular weight excluding hydrogens is 270 g/mol. The second kappa shape index (κ2) is 5.63. The number of carbonyl (C=O) groups excluding carboxylic acids is 1. The Kier molecular flexibility index (Phi) is 3.69. The number of aromatic nitrogens is 1. The molecule has 104 valence electrons. The van der Waals surface area contributed by atoms with Gasteiger partial charge in [0.1, 0.15) is 0 Å². The van der Waals surface area contributed by atoms with E-state index in [0.29, 0.717) is 6.54 Å². The zero-order chi connectivity index (χ0) is 13.9. The molecule has 1 aromatic carbocycles. The molecule has 1 aliphatic rings. The van der Waals surface area contributed by atoms with Gasteiger partial charge < -0.3 is 10.6 Å². The van der Waals surface area contributed by atoms with Crippen molar-refractivity contribution < 1.29 is 4.79 Å². The molecule has 0 fully saturated rings. The quantitative estimate of drug-likeness (QED) is 0.912. The number of anilines is 1. The van der Waals surface area contributed by atoms with Gasteiger partial charge in [0.25, 0.3) is 5.91 Å². The standard InChI is InChI=1S/C15H17N3OS/c1-10-17-8-13(20-10)9-18-15(19)12-4-5-14-11(7-12)3-2-6-16-14/h4-5,7-8,16H,2-3,6,9H2,1H3,(H,18,19). The number of nitrogens with zero attached hydrogens (tertiary/aromatic N) is 1. The summed E-state index contributed by atoms with van der Waals surface area (Å²) in [5.41, 5.74) is 3.12. The molecule has 0 saturated carbocycles. The number of rotatable bonds is 3. The number of thiazole rings is 1. The summed E-state index contributed by atoms with van der Waals surface area (Å²) in [6.45, 7) is 3.52. The first kappa shape index (κ1) is 13.1. The smallest absolute Gasteiger partial charge is 0.251 e. The second-order valence-electron chi connectivity index (χ2n) is 4.93. The fourth-order valence-electron chi connectivity index (χ4n) is 2.37. The summed E-state index contributed by atoms with van der Waals surface area (Å²) in [5.74, 6) is -0.0237. The molecule has 1 amide bonds. The first-order valence-corrected chi connectivity index (χ1v) is 7.60. The van der Waals surface area contributed by atoms with E-state index in [2.05, 4.69) is 15.6 Å². The molecule has 0 atom stereocenters. The lowest BCUT2D eigenvalue weighted by Gasteiger charge is -2.18. The third kappa shape index (κ3) is 2.82. The van der Waals surface area contributed by atoms with Crippen molar-refractivity contribution in [2.45, 2.75) is 26.3 Å². The van der Waals surface area contributed by atoms with Gasteiger partial charge in [-0.2, -0.15) is 0 Å². The second-order valence-corrected chi connectivity index (χ2v) is 6.25. The Labute approximate surface area is 122 Å². The molecule has 0 bridgehead atoms. The zero-order valence-electron chi connectivity index (χ0n) is 11.4. The van der Waals surface area contributed by atoms with Crippen LogP contribution in [0.2, 0.25) is 0 Å². The van der Waals surface area contributed by atoms with Gasteiger partial charge >= 0.3 is 0 Å². The lowest BCUT2D eigenvalue weighted by Crippen LogP contribution is -2.23. The third-order valence-corrected chi connectivity index (χ3v) is 4.31. The van der Waals surface area contributed by atoms with Crippen molar-refractivity contribution in [1.29, 1.82) is 0 Å². The van der Waals surface area contributed by atoms with E-state index in [4.69, 9.17) is 0 Å². The van der Waals surface area contributed by atoms with E-state index in [1.165, 1.54) is 5.56 Å². The fraction of sp³-hybridized carbons (Fsp3) is 0.333. The molecule has 0 aliphatic carbocycles. The maximum Gasteiger partial charge on any atom is 0.251 e. The number of hydrogen-bond acceptors (Lipinski definition) is 4. The summed E-state index contributed by atoms with van der Waals surface area (Å²) in [7, 11) is 0. The molecular formula is C15H17N3OS. The molecule has 2 N–H and O–H groups in total. The van der Waals surface area contributed by atoms with Gasteiger partial charge in [-0.1, -0.05) is 0 Å². The van der Waals surface area contributed by atoms with Crippen LogP contribution in [0, 0.1) is 6.92 Å². The predicted molar refractivity (Wildman–Crippen MR) is 81.3 cm³/mol. The lowest BCUT2D eigenvalue weighted by molar-refractivity contribution is 0.0951. The van der Waals surface area contributed by atoms with Crippen LogP contribution >= 0.6 is 11.3 Å². The summed E-state index contributed by atoms with van der Waals surface area (Å²) < 4.78 is 0. The Morgan fingerprint density at radius 3 is 3.20 bits per heavy atom. The lowest BCUT2D eigenvalue weighted by atomic mass is 10.0. The minimum absolute atomic E-state index is 0.0237. The molecule has 2 heterocycles. The molecule has 3 rings (SSSR count). The van der Waals surface area contributed by atoms with E-state index in [1.54, 1.807) is 11.3 Å². The number of amides is 1. The van der Waals surface area contributed by atoms with Gasteiger partial charge in [-0.15, -0.1) is 11.3 Å². The molecule has 0 radical (unpaired) electrons. The van der Waals surface area contributed by atoms with Gasteiger partial charge in [-0.05, 0) is 43.5 Å². The van der Waals surface area contributed by atoms with Crippen molar-refractivity contribution in [3.8, 4) is 0 Å². The van der Waals surface area contributed by atoms with Crippen LogP contribution in [0.3, 0.4) is 0 Å². The van der Waals surface area contributed by atoms with Crippen molar-refractivity contribution in [1.82, 2.24) is 10.3 Å². The molecule has 2 aromatic rings. The Hall–Kier alpha value is -1.88. The van der Waals surface area contributed by atoms with Gasteiger partial charge in [0.2, 0.25) is 0 Å². The molecule has 0 spiro atoms. The predicted octanol–water partition coefficient (Wildman–Crippen LogP) is 2.74. The average Bonchev–Trinajstić information content (AvgIpc) is 2.90. The topological polar surface area (TPSA) is 54.0 Å². The zero-order valence-corrected chi connectivity index (χ0v) is 12.2. The summed E-state index contributed by atoms with van der Waals surface area (Å²) in [4.78, 5) is 17.4. The SMILES string of the molecule is Cc1ncc(CNC(=O)c2ccc3c(c2)CCCN3)s1. The van der Waals surface area contributed by atoms with Crippen LogP contribution in [0.25, 0.3) is 0 Å². The Balaban J connectivity index is 1.67. The number of fused-ring (bicyclic) bond motifs is 1. The highest BCUT2D eigenvalue weighted by Gasteiger charge is 2.12. The fourth-order valence-corrected chi connectivity index (χ4v) is 3.11. The van der Waals surface area contributed by atoms with E-state index in [-0.39, 0.29) is 5.91 Å². The summed E-state index contributed by atoms with van der Waals surface area (Å²) >= 11 is 1.61. The number of carbonyl (C=O) groups is 1. The number of hydrogen-bond donors (Lipinski definition) is 2. The average molecular weight is 287 g/mol. The van der Waals surface area contributed by atoms with Gasteiger partial charge in [-0.25, -0.2) is 4.98 Å². The molecule has 1 aliphatic heterocycles. The highest BCUT2D eigenvalue weighted by molar-refractivity contribution is 7.11. The van der Waals surface area contributed by atoms with E-state index in [0.717, 1.165) is 40.5 Å². The van der Waals surface area contributed by atoms with Crippen molar-refractivity contribution in [2.24, 2.45) is 0 Å². The Morgan fingerprint density at radius 2 is 2.40 bits per heavy atom. The Bertz CT molecular complexity index is 636. The van der Waals surface area contributed by atoms with E-state index in [1.807, 2.05) is 31.3 Å². The third-order valence-electron chi connectivity index (χ3n) is 3.40. The summed E-state index contributed by atoms with van der Waals surface area (Å²) in [6, 6.07) is 5.87. The minimum atomic E-state index is -0.0237. The van der Waals surface area contributed by atoms with Crippen LogP contribution in [0.5, 0.6) is 0 Å². The highest BCUT2D eigenvalue weighted by atomic mass is 32.1. The molecule has 20 heavy (non-hydrogen) atoms. The first-order chi connectivity index (χ1) is 9.72. The normalized spacial score (nSPS) is 13.4. The number of benzene rings is 1. The molecule has 0 unspecified atom stereocenters. The van der Waals surface area contributed by atoms with Crippen molar-refractivity contribution >= 4 is 22.9 Å². The van der Waals surface area contributed by atoms with E-state index >= 15 is 0 Å². The monoisotopic (exact) mass is 287 g/mol. The van der Waals surface area contributed by atoms with Crippen LogP contribution in [-0.4, -0.2) is 17.4 Å². The number of aryl methyl sites for hydroxylation is 2. The van der Waals surface area contributed by atoms with Crippen LogP contribution in [0.1, 0.15) is 32.2 Å². The van der Waals surface area contributed by atoms with Gasteiger partial charge in [0, 0.05) is 28.9 Å². The van der Waals surface area contributed by atoms with Crippen molar-refractivity contribution in [3.05, 3.63) is 45.4 Å². The largest absolute Gasteiger partial charge is 0.385 e. The van der Waals surface area contributed by atoms with Gasteiger partial charge in [0.05, 0.1) is 11.6 Å². The molecule has 0 saturated heterocycles.